The minimum atomic E-state index is -1.52. The summed E-state index contributed by atoms with van der Waals surface area (Å²) in [4.78, 5) is 26.6. The first-order valence-corrected chi connectivity index (χ1v) is 10.8. The molecule has 2 aliphatic rings. The molecule has 0 aliphatic carbocycles. The van der Waals surface area contributed by atoms with E-state index in [-0.39, 0.29) is 24.3 Å². The molecule has 0 saturated carbocycles. The number of hydrogen-bond donors (Lipinski definition) is 3. The number of nitrogens with two attached hydrogens (primary N) is 1. The molecular formula is C22H32N2O9. The Kier molecular flexibility index (Phi) is 8.54. The Bertz CT molecular complexity index is 797. The van der Waals surface area contributed by atoms with Crippen molar-refractivity contribution in [1.82, 2.24) is 4.90 Å². The Hall–Kier alpha value is -1.96. The fourth-order valence-electron chi connectivity index (χ4n) is 3.86. The van der Waals surface area contributed by atoms with Gasteiger partial charge >= 0.3 is 0 Å². The standard InChI is InChI=1S/C22H32N2O9/c1-22(2,31-11-10-30-9-8-23)32-12-15-17(25)18(26)16(21(29-3)33-15)24-19(27)13-6-4-5-7-14(13)20(24)28/h4-7,15-18,21,25-26H,8-12,23H2,1-3H3. The zero-order valence-corrected chi connectivity index (χ0v) is 19.0. The monoisotopic (exact) mass is 468 g/mol. The Labute approximate surface area is 192 Å². The van der Waals surface area contributed by atoms with Gasteiger partial charge in [-0.15, -0.1) is 0 Å². The van der Waals surface area contributed by atoms with E-state index < -0.39 is 48.2 Å². The van der Waals surface area contributed by atoms with Gasteiger partial charge in [-0.05, 0) is 26.0 Å². The molecule has 1 fully saturated rings. The minimum absolute atomic E-state index is 0.135. The minimum Gasteiger partial charge on any atom is -0.388 e. The van der Waals surface area contributed by atoms with Gasteiger partial charge in [-0.2, -0.15) is 0 Å². The summed E-state index contributed by atoms with van der Waals surface area (Å²) in [5.74, 6) is -2.20. The molecule has 5 unspecified atom stereocenters. The number of carbonyl (C=O) groups is 2. The Morgan fingerprint density at radius 2 is 1.67 bits per heavy atom. The summed E-state index contributed by atoms with van der Waals surface area (Å²) >= 11 is 0. The Balaban J connectivity index is 1.64. The first-order chi connectivity index (χ1) is 15.7. The van der Waals surface area contributed by atoms with Gasteiger partial charge in [0.2, 0.25) is 0 Å². The predicted molar refractivity (Wildman–Crippen MR) is 114 cm³/mol. The highest BCUT2D eigenvalue weighted by Crippen LogP contribution is 2.32. The van der Waals surface area contributed by atoms with Gasteiger partial charge in [-0.25, -0.2) is 0 Å². The zero-order chi connectivity index (χ0) is 24.2. The van der Waals surface area contributed by atoms with Crippen molar-refractivity contribution < 1.29 is 43.5 Å². The summed E-state index contributed by atoms with van der Waals surface area (Å²) in [5.41, 5.74) is 5.80. The number of aliphatic hydroxyl groups excluding tert-OH is 2. The number of fused-ring (bicyclic) bond motifs is 1. The molecule has 0 radical (unpaired) electrons. The molecule has 0 aromatic heterocycles. The van der Waals surface area contributed by atoms with Gasteiger partial charge in [0.25, 0.3) is 11.8 Å². The van der Waals surface area contributed by atoms with E-state index in [0.717, 1.165) is 4.90 Å². The number of hydrogen-bond acceptors (Lipinski definition) is 10. The molecule has 11 nitrogen and oxygen atoms in total. The van der Waals surface area contributed by atoms with Crippen LogP contribution in [0.3, 0.4) is 0 Å². The molecule has 0 bridgehead atoms. The maximum absolute atomic E-state index is 12.9. The molecule has 5 atom stereocenters. The molecule has 184 valence electrons. The van der Waals surface area contributed by atoms with E-state index in [1.807, 2.05) is 0 Å². The highest BCUT2D eigenvalue weighted by Gasteiger charge is 2.53. The normalized spacial score (nSPS) is 27.8. The van der Waals surface area contributed by atoms with Gasteiger partial charge in [0.1, 0.15) is 24.4 Å². The van der Waals surface area contributed by atoms with Crippen LogP contribution in [0.2, 0.25) is 0 Å². The Morgan fingerprint density at radius 3 is 2.24 bits per heavy atom. The number of imide groups is 1. The average Bonchev–Trinajstić information content (AvgIpc) is 3.05. The van der Waals surface area contributed by atoms with E-state index in [2.05, 4.69) is 0 Å². The molecule has 4 N–H and O–H groups in total. The average molecular weight is 469 g/mol. The lowest BCUT2D eigenvalue weighted by Crippen LogP contribution is -2.65. The van der Waals surface area contributed by atoms with Crippen molar-refractivity contribution in [2.45, 2.75) is 50.3 Å². The van der Waals surface area contributed by atoms with Crippen molar-refractivity contribution in [3.05, 3.63) is 35.4 Å². The second-order valence-electron chi connectivity index (χ2n) is 8.24. The number of carbonyl (C=O) groups excluding carboxylic acids is 2. The molecule has 2 heterocycles. The highest BCUT2D eigenvalue weighted by molar-refractivity contribution is 6.21. The van der Waals surface area contributed by atoms with Crippen LogP contribution in [0, 0.1) is 0 Å². The van der Waals surface area contributed by atoms with Crippen molar-refractivity contribution in [3.8, 4) is 0 Å². The first-order valence-electron chi connectivity index (χ1n) is 10.8. The van der Waals surface area contributed by atoms with Crippen LogP contribution >= 0.6 is 0 Å². The van der Waals surface area contributed by atoms with Crippen molar-refractivity contribution in [3.63, 3.8) is 0 Å². The quantitative estimate of drug-likeness (QED) is 0.220. The molecule has 1 saturated heterocycles. The maximum atomic E-state index is 12.9. The van der Waals surface area contributed by atoms with Crippen molar-refractivity contribution in [1.29, 1.82) is 0 Å². The Morgan fingerprint density at radius 1 is 1.03 bits per heavy atom. The van der Waals surface area contributed by atoms with E-state index in [1.54, 1.807) is 26.0 Å². The molecule has 33 heavy (non-hydrogen) atoms. The van der Waals surface area contributed by atoms with Gasteiger partial charge in [-0.3, -0.25) is 14.5 Å². The largest absolute Gasteiger partial charge is 0.388 e. The number of amides is 2. The third-order valence-corrected chi connectivity index (χ3v) is 5.56. The lowest BCUT2D eigenvalue weighted by atomic mass is 9.95. The van der Waals surface area contributed by atoms with E-state index in [1.165, 1.54) is 19.2 Å². The second kappa shape index (κ2) is 11.0. The van der Waals surface area contributed by atoms with Gasteiger partial charge in [0, 0.05) is 13.7 Å². The molecule has 0 spiro atoms. The van der Waals surface area contributed by atoms with Crippen LogP contribution in [-0.2, 0) is 23.7 Å². The SMILES string of the molecule is COC1OC(COC(C)(C)OCCOCCN)C(O)C(O)C1N1C(=O)c2ccccc2C1=O. The highest BCUT2D eigenvalue weighted by atomic mass is 16.7. The van der Waals surface area contributed by atoms with Crippen LogP contribution in [0.25, 0.3) is 0 Å². The molecule has 2 amide bonds. The lowest BCUT2D eigenvalue weighted by molar-refractivity contribution is -0.295. The third-order valence-electron chi connectivity index (χ3n) is 5.56. The van der Waals surface area contributed by atoms with Crippen LogP contribution in [0.15, 0.2) is 24.3 Å². The zero-order valence-electron chi connectivity index (χ0n) is 19.0. The summed E-state index contributed by atoms with van der Waals surface area (Å²) in [7, 11) is 1.33. The number of ether oxygens (including phenoxy) is 5. The van der Waals surface area contributed by atoms with E-state index >= 15 is 0 Å². The summed E-state index contributed by atoms with van der Waals surface area (Å²) in [5, 5.41) is 21.6. The van der Waals surface area contributed by atoms with Crippen molar-refractivity contribution in [2.75, 3.05) is 40.1 Å². The van der Waals surface area contributed by atoms with Crippen LogP contribution in [-0.4, -0.2) is 103 Å². The summed E-state index contributed by atoms with van der Waals surface area (Å²) in [6, 6.07) is 5.11. The summed E-state index contributed by atoms with van der Waals surface area (Å²) < 4.78 is 27.8. The van der Waals surface area contributed by atoms with Crippen LogP contribution < -0.4 is 5.73 Å². The van der Waals surface area contributed by atoms with E-state index in [9.17, 15) is 19.8 Å². The first kappa shape index (κ1) is 25.7. The number of methoxy groups -OCH3 is 1. The third kappa shape index (κ3) is 5.58. The topological polar surface area (TPSA) is 150 Å². The van der Waals surface area contributed by atoms with Gasteiger partial charge < -0.3 is 39.6 Å². The molecule has 1 aromatic rings. The fourth-order valence-corrected chi connectivity index (χ4v) is 3.86. The molecule has 1 aromatic carbocycles. The van der Waals surface area contributed by atoms with E-state index in [0.29, 0.717) is 19.8 Å². The van der Waals surface area contributed by atoms with Crippen LogP contribution in [0.1, 0.15) is 34.6 Å². The molecule has 11 heteroatoms. The number of benzene rings is 1. The number of rotatable bonds is 11. The maximum Gasteiger partial charge on any atom is 0.262 e. The van der Waals surface area contributed by atoms with E-state index in [4.69, 9.17) is 29.4 Å². The predicted octanol–water partition coefficient (Wildman–Crippen LogP) is -0.511. The molecule has 3 rings (SSSR count). The number of nitrogens with zero attached hydrogens (tertiary/aromatic N) is 1. The summed E-state index contributed by atoms with van der Waals surface area (Å²) in [6.45, 7) is 4.71. The molecule has 2 aliphatic heterocycles. The van der Waals surface area contributed by atoms with Crippen LogP contribution in [0.4, 0.5) is 0 Å². The number of aliphatic hydroxyl groups is 2. The van der Waals surface area contributed by atoms with Crippen molar-refractivity contribution >= 4 is 11.8 Å². The van der Waals surface area contributed by atoms with Gasteiger partial charge in [-0.1, -0.05) is 12.1 Å². The molecular weight excluding hydrogens is 436 g/mol. The fraction of sp³-hybridized carbons (Fsp3) is 0.636. The van der Waals surface area contributed by atoms with Gasteiger partial charge in [0.15, 0.2) is 12.1 Å². The van der Waals surface area contributed by atoms with Crippen molar-refractivity contribution in [2.24, 2.45) is 5.73 Å². The smallest absolute Gasteiger partial charge is 0.262 e. The summed E-state index contributed by atoms with van der Waals surface area (Å²) in [6.07, 6.45) is -5.14. The lowest BCUT2D eigenvalue weighted by Gasteiger charge is -2.45. The van der Waals surface area contributed by atoms with Gasteiger partial charge in [0.05, 0.1) is 37.6 Å². The van der Waals surface area contributed by atoms with Crippen LogP contribution in [0.5, 0.6) is 0 Å². The second-order valence-corrected chi connectivity index (χ2v) is 8.24.